The first kappa shape index (κ1) is 8.82. The van der Waals surface area contributed by atoms with Crippen molar-refractivity contribution in [3.8, 4) is 0 Å². The van der Waals surface area contributed by atoms with Gasteiger partial charge in [-0.25, -0.2) is 0 Å². The van der Waals surface area contributed by atoms with E-state index in [4.69, 9.17) is 4.79 Å². The van der Waals surface area contributed by atoms with Gasteiger partial charge in [0.25, 0.3) is 0 Å². The fraction of sp³-hybridized carbons (Fsp3) is 0. The third-order valence-electron chi connectivity index (χ3n) is 0. The zero-order valence-electron chi connectivity index (χ0n) is 1.60. The van der Waals surface area contributed by atoms with Gasteiger partial charge in [0.2, 0.25) is 0 Å². The van der Waals surface area contributed by atoms with Gasteiger partial charge in [0.1, 0.15) is 0 Å². The molecule has 26 valence electrons. The van der Waals surface area contributed by atoms with Crippen LogP contribution in [0, 0.1) is 0 Å². The first-order valence-corrected chi connectivity index (χ1v) is 0.771. The monoisotopic (exact) mass is 169 g/mol. The molecule has 3 heteroatoms. The second kappa shape index (κ2) is 9.46. The van der Waals surface area contributed by atoms with Crippen LogP contribution in [-0.4, -0.2) is 5.75 Å². The van der Waals surface area contributed by atoms with Crippen LogP contribution >= 0.6 is 11.6 Å². The molecule has 0 unspecified atom stereocenters. The summed E-state index contributed by atoms with van der Waals surface area (Å²) in [5.74, 6) is 0.972. The molecular formula is CClOPd+. The van der Waals surface area contributed by atoms with Crippen molar-refractivity contribution in [2.24, 2.45) is 0 Å². The van der Waals surface area contributed by atoms with E-state index in [1.165, 1.54) is 0 Å². The molecule has 0 radical (unpaired) electrons. The van der Waals surface area contributed by atoms with Crippen LogP contribution in [0.3, 0.4) is 0 Å². The van der Waals surface area contributed by atoms with E-state index >= 15 is 0 Å². The quantitative estimate of drug-likeness (QED) is 0.290. The summed E-state index contributed by atoms with van der Waals surface area (Å²) in [4.78, 5) is 8.45. The van der Waals surface area contributed by atoms with Crippen molar-refractivity contribution in [3.63, 3.8) is 0 Å². The van der Waals surface area contributed by atoms with Crippen LogP contribution in [-0.2, 0) is 25.2 Å². The van der Waals surface area contributed by atoms with Crippen LogP contribution in [0.25, 0.3) is 0 Å². The molecule has 0 saturated heterocycles. The molecule has 0 bridgehead atoms. The van der Waals surface area contributed by atoms with Gasteiger partial charge in [-0.3, -0.25) is 0 Å². The van der Waals surface area contributed by atoms with E-state index in [-0.39, 0.29) is 20.4 Å². The molecule has 0 aromatic carbocycles. The molecule has 0 heterocycles. The minimum atomic E-state index is 0. The number of carbonyl (C=O) groups excluding carboxylic acids is 1. The standard InChI is InChI=1S/CClO.Pd/c2-1-3;/q-1;+2. The Morgan fingerprint density at radius 2 is 1.75 bits per heavy atom. The number of rotatable bonds is 0. The summed E-state index contributed by atoms with van der Waals surface area (Å²) in [7, 11) is 0. The molecule has 0 spiro atoms. The third kappa shape index (κ3) is 17.8. The first-order chi connectivity index (χ1) is 1.41. The summed E-state index contributed by atoms with van der Waals surface area (Å²) >= 11 is 4.19. The number of hydrogen-bond donors (Lipinski definition) is 0. The molecule has 0 aliphatic carbocycles. The van der Waals surface area contributed by atoms with E-state index in [1.54, 1.807) is 0 Å². The van der Waals surface area contributed by atoms with Crippen molar-refractivity contribution in [1.82, 2.24) is 0 Å². The molecule has 0 aromatic heterocycles. The molecule has 0 aliphatic heterocycles. The van der Waals surface area contributed by atoms with Crippen molar-refractivity contribution in [2.75, 3.05) is 0 Å². The average Bonchev–Trinajstić information content (AvgIpc) is 0.918. The van der Waals surface area contributed by atoms with Crippen molar-refractivity contribution in [3.05, 3.63) is 0 Å². The van der Waals surface area contributed by atoms with Crippen molar-refractivity contribution in [1.29, 1.82) is 0 Å². The molecular weight excluding hydrogens is 170 g/mol. The Morgan fingerprint density at radius 3 is 1.75 bits per heavy atom. The third-order valence-corrected chi connectivity index (χ3v) is 0. The van der Waals surface area contributed by atoms with Crippen molar-refractivity contribution >= 4 is 17.3 Å². The van der Waals surface area contributed by atoms with Crippen molar-refractivity contribution in [2.45, 2.75) is 0 Å². The Morgan fingerprint density at radius 1 is 1.75 bits per heavy atom. The van der Waals surface area contributed by atoms with Gasteiger partial charge in [-0.15, -0.1) is 0 Å². The van der Waals surface area contributed by atoms with Gasteiger partial charge in [0.05, 0.1) is 0 Å². The Balaban J connectivity index is 0. The van der Waals surface area contributed by atoms with E-state index in [9.17, 15) is 0 Å². The molecule has 0 atom stereocenters. The fourth-order valence-corrected chi connectivity index (χ4v) is 0. The van der Waals surface area contributed by atoms with Crippen molar-refractivity contribution < 1.29 is 25.2 Å². The Hall–Kier alpha value is 0.622. The summed E-state index contributed by atoms with van der Waals surface area (Å²) in [6, 6.07) is 0. The molecule has 0 saturated carbocycles. The minimum Gasteiger partial charge on any atom is -0.525 e. The first-order valence-electron chi connectivity index (χ1n) is 0.393. The van der Waals surface area contributed by atoms with Crippen LogP contribution in [0.5, 0.6) is 0 Å². The molecule has 0 fully saturated rings. The Kier molecular flexibility index (Phi) is 20.9. The second-order valence-corrected chi connectivity index (χ2v) is 0.231. The molecule has 4 heavy (non-hydrogen) atoms. The van der Waals surface area contributed by atoms with E-state index in [1.807, 2.05) is 0 Å². The van der Waals surface area contributed by atoms with Gasteiger partial charge in [-0.05, 0) is 0 Å². The number of halogens is 1. The van der Waals surface area contributed by atoms with Crippen LogP contribution in [0.4, 0.5) is 0 Å². The van der Waals surface area contributed by atoms with E-state index in [0.29, 0.717) is 0 Å². The van der Waals surface area contributed by atoms with Gasteiger partial charge in [0.15, 0.2) is 0 Å². The van der Waals surface area contributed by atoms with Gasteiger partial charge in [-0.2, -0.15) is 5.75 Å². The van der Waals surface area contributed by atoms with Gasteiger partial charge >= 0.3 is 20.4 Å². The van der Waals surface area contributed by atoms with Gasteiger partial charge < -0.3 is 16.4 Å². The zero-order valence-corrected chi connectivity index (χ0v) is 3.91. The molecule has 0 N–H and O–H groups in total. The smallest absolute Gasteiger partial charge is 0.525 e. The average molecular weight is 170 g/mol. The molecule has 0 amide bonds. The molecule has 0 aromatic rings. The predicted octanol–water partition coefficient (Wildman–Crippen LogP) is 0.290. The molecule has 0 rings (SSSR count). The summed E-state index contributed by atoms with van der Waals surface area (Å²) in [6.45, 7) is 0. The topological polar surface area (TPSA) is 17.1 Å². The summed E-state index contributed by atoms with van der Waals surface area (Å²) < 4.78 is 0. The SMILES string of the molecule is O=[C-]Cl.[Pd+2]. The summed E-state index contributed by atoms with van der Waals surface area (Å²) in [5.41, 5.74) is 0. The summed E-state index contributed by atoms with van der Waals surface area (Å²) in [5, 5.41) is 0. The maximum absolute atomic E-state index is 8.45. The molecule has 1 nitrogen and oxygen atoms in total. The largest absolute Gasteiger partial charge is 2.00 e. The fourth-order valence-electron chi connectivity index (χ4n) is 0. The van der Waals surface area contributed by atoms with E-state index in [2.05, 4.69) is 11.6 Å². The zero-order chi connectivity index (χ0) is 2.71. The maximum atomic E-state index is 8.45. The Labute approximate surface area is 43.0 Å². The van der Waals surface area contributed by atoms with Crippen LogP contribution in [0.15, 0.2) is 0 Å². The minimum absolute atomic E-state index is 0. The van der Waals surface area contributed by atoms with Gasteiger partial charge in [0, 0.05) is 0 Å². The molecule has 0 aliphatic rings. The van der Waals surface area contributed by atoms with Gasteiger partial charge in [-0.1, -0.05) is 0 Å². The predicted molar refractivity (Wildman–Crippen MR) is 11.5 cm³/mol. The summed E-state index contributed by atoms with van der Waals surface area (Å²) in [6.07, 6.45) is 0. The Bertz CT molecular complexity index is 15.5. The number of hydrogen-bond acceptors (Lipinski definition) is 1. The maximum Gasteiger partial charge on any atom is 2.00 e. The van der Waals surface area contributed by atoms with Crippen LogP contribution < -0.4 is 0 Å². The normalized spacial score (nSPS) is 3.25. The van der Waals surface area contributed by atoms with Crippen LogP contribution in [0.1, 0.15) is 0 Å². The van der Waals surface area contributed by atoms with E-state index < -0.39 is 0 Å². The second-order valence-electron chi connectivity index (χ2n) is 0.0772. The van der Waals surface area contributed by atoms with Crippen LogP contribution in [0.2, 0.25) is 0 Å². The van der Waals surface area contributed by atoms with E-state index in [0.717, 1.165) is 5.75 Å².